The van der Waals surface area contributed by atoms with Crippen LogP contribution in [0.5, 0.6) is 0 Å². The van der Waals surface area contributed by atoms with E-state index in [4.69, 9.17) is 20.3 Å². The molecular formula is C26H38N2O8. The topological polar surface area (TPSA) is 129 Å². The molecule has 0 fully saturated rings. The summed E-state index contributed by atoms with van der Waals surface area (Å²) in [6.07, 6.45) is 5.66. The summed E-state index contributed by atoms with van der Waals surface area (Å²) in [7, 11) is 0. The molecule has 10 heteroatoms. The number of benzene rings is 1. The Kier molecular flexibility index (Phi) is 14.9. The third-order valence-corrected chi connectivity index (χ3v) is 4.86. The minimum Gasteiger partial charge on any atom is -0.466 e. The number of rotatable bonds is 17. The van der Waals surface area contributed by atoms with Gasteiger partial charge in [0.05, 0.1) is 13.2 Å². The van der Waals surface area contributed by atoms with E-state index in [1.54, 1.807) is 25.1 Å². The zero-order valence-corrected chi connectivity index (χ0v) is 21.0. The summed E-state index contributed by atoms with van der Waals surface area (Å²) >= 11 is 0. The average Bonchev–Trinajstić information content (AvgIpc) is 2.87. The van der Waals surface area contributed by atoms with Crippen molar-refractivity contribution < 1.29 is 39.5 Å². The van der Waals surface area contributed by atoms with Crippen LogP contribution in [0.4, 0.5) is 21.0 Å². The van der Waals surface area contributed by atoms with E-state index < -0.39 is 18.2 Å². The van der Waals surface area contributed by atoms with Crippen LogP contribution in [-0.2, 0) is 28.5 Å². The molecule has 0 radical (unpaired) electrons. The molecule has 36 heavy (non-hydrogen) atoms. The Bertz CT molecular complexity index is 878. The number of anilines is 2. The number of aryl methyl sites for hydroxylation is 1. The lowest BCUT2D eigenvalue weighted by atomic mass is 10.2. The molecule has 1 rings (SSSR count). The molecule has 2 N–H and O–H groups in total. The first-order chi connectivity index (χ1) is 17.8. The molecular weight excluding hydrogens is 468 g/mol. The second-order valence-electron chi connectivity index (χ2n) is 7.87. The predicted octanol–water partition coefficient (Wildman–Crippen LogP) is 5.51. The summed E-state index contributed by atoms with van der Waals surface area (Å²) in [5.41, 5.74) is 1.66. The quantitative estimate of drug-likeness (QED) is 0.122. The number of unbranched alkanes of at least 4 members (excludes halogenated alkanes) is 5. The van der Waals surface area contributed by atoms with E-state index in [1.165, 1.54) is 0 Å². The minimum absolute atomic E-state index is 0.0906. The fourth-order valence-electron chi connectivity index (χ4n) is 2.90. The summed E-state index contributed by atoms with van der Waals surface area (Å²) in [6.45, 7) is 5.89. The standard InChI is InChI=1S/C26H38N2O8/c1-4-6-9-12-24(30)33-15-10-7-8-11-16-35-26(32)28-22-19-21(14-13-20(22)3)27-25(31)36-18-17-34-23(29)5-2/h5,13-14,19H,2,4,6-12,15-18H2,1,3H3,(H,27,31)(H,28,32)/i1T. The molecule has 0 aromatic heterocycles. The number of esters is 2. The number of nitrogens with one attached hydrogen (secondary N) is 2. The van der Waals surface area contributed by atoms with Gasteiger partial charge in [-0.25, -0.2) is 14.4 Å². The van der Waals surface area contributed by atoms with Crippen molar-refractivity contribution in [1.29, 1.82) is 0 Å². The fourth-order valence-corrected chi connectivity index (χ4v) is 2.90. The van der Waals surface area contributed by atoms with Gasteiger partial charge in [-0.05, 0) is 56.7 Å². The molecule has 0 aliphatic carbocycles. The number of carbonyl (C=O) groups excluding carboxylic acids is 4. The zero-order chi connectivity index (χ0) is 27.3. The molecule has 200 valence electrons. The van der Waals surface area contributed by atoms with Crippen molar-refractivity contribution >= 4 is 35.5 Å². The van der Waals surface area contributed by atoms with Gasteiger partial charge in [-0.1, -0.05) is 32.4 Å². The highest BCUT2D eigenvalue weighted by atomic mass is 16.6. The Labute approximate surface area is 214 Å². The van der Waals surface area contributed by atoms with Crippen LogP contribution in [0.15, 0.2) is 30.9 Å². The lowest BCUT2D eigenvalue weighted by molar-refractivity contribution is -0.144. The summed E-state index contributed by atoms with van der Waals surface area (Å²) in [4.78, 5) is 46.5. The van der Waals surface area contributed by atoms with Crippen LogP contribution >= 0.6 is 0 Å². The van der Waals surface area contributed by atoms with Crippen molar-refractivity contribution in [2.45, 2.75) is 65.2 Å². The van der Waals surface area contributed by atoms with Crippen LogP contribution in [0.25, 0.3) is 0 Å². The molecule has 0 heterocycles. The first-order valence-electron chi connectivity index (χ1n) is 12.8. The maximum absolute atomic E-state index is 12.1. The zero-order valence-electron chi connectivity index (χ0n) is 22.0. The first kappa shape index (κ1) is 28.7. The van der Waals surface area contributed by atoms with Crippen molar-refractivity contribution in [2.24, 2.45) is 0 Å². The molecule has 0 saturated heterocycles. The molecule has 0 aliphatic rings. The van der Waals surface area contributed by atoms with Crippen LogP contribution in [0, 0.1) is 6.92 Å². The van der Waals surface area contributed by atoms with Gasteiger partial charge in [0, 0.05) is 25.2 Å². The Morgan fingerprint density at radius 3 is 2.25 bits per heavy atom. The molecule has 0 spiro atoms. The fraction of sp³-hybridized carbons (Fsp3) is 0.538. The third-order valence-electron chi connectivity index (χ3n) is 4.86. The predicted molar refractivity (Wildman–Crippen MR) is 136 cm³/mol. The highest BCUT2D eigenvalue weighted by Crippen LogP contribution is 2.21. The van der Waals surface area contributed by atoms with Crippen molar-refractivity contribution in [2.75, 3.05) is 37.1 Å². The number of amides is 2. The number of ether oxygens (including phenoxy) is 4. The number of hydrogen-bond donors (Lipinski definition) is 2. The Hall–Kier alpha value is -3.56. The minimum atomic E-state index is -0.734. The molecule has 2 amide bonds. The number of hydrogen-bond acceptors (Lipinski definition) is 8. The lowest BCUT2D eigenvalue weighted by Crippen LogP contribution is -2.18. The van der Waals surface area contributed by atoms with Crippen LogP contribution in [0.3, 0.4) is 0 Å². The van der Waals surface area contributed by atoms with Crippen molar-refractivity contribution in [3.63, 3.8) is 0 Å². The normalized spacial score (nSPS) is 10.5. The van der Waals surface area contributed by atoms with Gasteiger partial charge in [0.15, 0.2) is 0 Å². The van der Waals surface area contributed by atoms with Crippen LogP contribution in [-0.4, -0.2) is 50.6 Å². The summed E-state index contributed by atoms with van der Waals surface area (Å²) in [5, 5.41) is 5.19. The van der Waals surface area contributed by atoms with Gasteiger partial charge >= 0.3 is 24.1 Å². The second kappa shape index (κ2) is 18.7. The van der Waals surface area contributed by atoms with Crippen molar-refractivity contribution in [3.05, 3.63) is 36.4 Å². The van der Waals surface area contributed by atoms with Gasteiger partial charge < -0.3 is 18.9 Å². The van der Waals surface area contributed by atoms with Crippen LogP contribution in [0.1, 0.15) is 65.2 Å². The van der Waals surface area contributed by atoms with Crippen molar-refractivity contribution in [3.8, 4) is 0 Å². The Balaban J connectivity index is 2.20. The molecule has 0 bridgehead atoms. The van der Waals surface area contributed by atoms with E-state index in [0.29, 0.717) is 37.7 Å². The van der Waals surface area contributed by atoms with E-state index in [-0.39, 0.29) is 25.8 Å². The molecule has 0 unspecified atom stereocenters. The maximum Gasteiger partial charge on any atom is 0.411 e. The Morgan fingerprint density at radius 2 is 1.53 bits per heavy atom. The highest BCUT2D eigenvalue weighted by molar-refractivity contribution is 5.89. The van der Waals surface area contributed by atoms with E-state index in [9.17, 15) is 19.2 Å². The van der Waals surface area contributed by atoms with E-state index in [1.807, 2.05) is 0 Å². The third kappa shape index (κ3) is 14.6. The molecule has 0 saturated carbocycles. The van der Waals surface area contributed by atoms with Gasteiger partial charge in [0.25, 0.3) is 0 Å². The van der Waals surface area contributed by atoms with E-state index in [2.05, 4.69) is 17.2 Å². The average molecular weight is 509 g/mol. The van der Waals surface area contributed by atoms with E-state index in [0.717, 1.165) is 50.2 Å². The summed E-state index contributed by atoms with van der Waals surface area (Å²) in [5.74, 6) is -0.797. The van der Waals surface area contributed by atoms with Gasteiger partial charge in [-0.2, -0.15) is 0 Å². The second-order valence-corrected chi connectivity index (χ2v) is 7.87. The molecule has 0 aliphatic heterocycles. The smallest absolute Gasteiger partial charge is 0.411 e. The van der Waals surface area contributed by atoms with Crippen molar-refractivity contribution in [1.82, 2.24) is 0 Å². The largest absolute Gasteiger partial charge is 0.466 e. The highest BCUT2D eigenvalue weighted by Gasteiger charge is 2.10. The maximum atomic E-state index is 12.1. The van der Waals surface area contributed by atoms with E-state index >= 15 is 0 Å². The lowest BCUT2D eigenvalue weighted by Gasteiger charge is -2.12. The van der Waals surface area contributed by atoms with Gasteiger partial charge in [-0.15, -0.1) is 0 Å². The summed E-state index contributed by atoms with van der Waals surface area (Å²) in [6, 6.07) is 4.95. The first-order valence-corrected chi connectivity index (χ1v) is 12.1. The van der Waals surface area contributed by atoms with Crippen LogP contribution < -0.4 is 10.6 Å². The molecule has 10 nitrogen and oxygen atoms in total. The van der Waals surface area contributed by atoms with Gasteiger partial charge in [0.2, 0.25) is 0 Å². The summed E-state index contributed by atoms with van der Waals surface area (Å²) < 4.78 is 27.1. The Morgan fingerprint density at radius 1 is 0.861 bits per heavy atom. The monoisotopic (exact) mass is 508 g/mol. The van der Waals surface area contributed by atoms with Gasteiger partial charge in [-0.3, -0.25) is 15.4 Å². The number of carbonyl (C=O) groups is 4. The molecule has 0 atom stereocenters. The van der Waals surface area contributed by atoms with Crippen LogP contribution in [0.2, 0.25) is 0 Å². The SMILES string of the molecule is [3H]CCCCCC(=O)OCCCCCCOC(=O)Nc1cc(NC(=O)OCCOC(=O)C=C)ccc1C. The molecule has 1 aromatic rings. The van der Waals surface area contributed by atoms with Gasteiger partial charge in [0.1, 0.15) is 13.2 Å². The molecule has 1 aromatic carbocycles.